The highest BCUT2D eigenvalue weighted by Gasteiger charge is 2.33. The summed E-state index contributed by atoms with van der Waals surface area (Å²) in [5.74, 6) is -1.16. The highest BCUT2D eigenvalue weighted by Crippen LogP contribution is 2.26. The quantitative estimate of drug-likeness (QED) is 0.396. The van der Waals surface area contributed by atoms with E-state index in [-0.39, 0.29) is 28.7 Å². The van der Waals surface area contributed by atoms with Gasteiger partial charge in [-0.3, -0.25) is 13.9 Å². The molecule has 1 atom stereocenters. The van der Waals surface area contributed by atoms with Gasteiger partial charge < -0.3 is 15.0 Å². The Bertz CT molecular complexity index is 1350. The zero-order valence-corrected chi connectivity index (χ0v) is 22.6. The van der Waals surface area contributed by atoms with Gasteiger partial charge in [0.15, 0.2) is 0 Å². The summed E-state index contributed by atoms with van der Waals surface area (Å²) in [6.07, 6.45) is 0. The molecule has 3 aromatic carbocycles. The number of amides is 2. The third-order valence-electron chi connectivity index (χ3n) is 5.87. The first kappa shape index (κ1) is 28.6. The summed E-state index contributed by atoms with van der Waals surface area (Å²) in [6, 6.07) is 18.8. The number of hydrogen-bond acceptors (Lipinski definition) is 5. The Morgan fingerprint density at radius 3 is 2.11 bits per heavy atom. The lowest BCUT2D eigenvalue weighted by Gasteiger charge is -2.32. The van der Waals surface area contributed by atoms with E-state index in [0.29, 0.717) is 5.75 Å². The van der Waals surface area contributed by atoms with Crippen LogP contribution in [-0.4, -0.2) is 50.9 Å². The van der Waals surface area contributed by atoms with Gasteiger partial charge in [-0.25, -0.2) is 12.8 Å². The average Bonchev–Trinajstić information content (AvgIpc) is 2.90. The van der Waals surface area contributed by atoms with Gasteiger partial charge in [-0.2, -0.15) is 0 Å². The van der Waals surface area contributed by atoms with Gasteiger partial charge in [-0.15, -0.1) is 0 Å². The fraction of sp³-hybridized carbons (Fsp3) is 0.286. The molecular formula is C28H32FN3O5S. The van der Waals surface area contributed by atoms with Crippen LogP contribution in [0.2, 0.25) is 0 Å². The van der Waals surface area contributed by atoms with Gasteiger partial charge in [-0.05, 0) is 63.2 Å². The number of carbonyl (C=O) groups excluding carboxylic acids is 2. The monoisotopic (exact) mass is 541 g/mol. The van der Waals surface area contributed by atoms with Crippen molar-refractivity contribution in [3.8, 4) is 5.75 Å². The lowest BCUT2D eigenvalue weighted by Crippen LogP contribution is -2.52. The SMILES string of the molecule is COc1ccc(S(=O)(=O)N(CC(=O)N(Cc2ccccc2F)C(C)C(=O)NC(C)C)c2ccccc2)cc1. The Morgan fingerprint density at radius 1 is 0.921 bits per heavy atom. The fourth-order valence-electron chi connectivity index (χ4n) is 3.80. The van der Waals surface area contributed by atoms with Crippen molar-refractivity contribution in [1.82, 2.24) is 10.2 Å². The molecular weight excluding hydrogens is 509 g/mol. The molecule has 0 saturated heterocycles. The molecule has 38 heavy (non-hydrogen) atoms. The van der Waals surface area contributed by atoms with E-state index >= 15 is 0 Å². The van der Waals surface area contributed by atoms with E-state index in [2.05, 4.69) is 5.32 Å². The molecule has 8 nitrogen and oxygen atoms in total. The van der Waals surface area contributed by atoms with Crippen molar-refractivity contribution in [1.29, 1.82) is 0 Å². The van der Waals surface area contributed by atoms with Gasteiger partial charge in [0, 0.05) is 18.2 Å². The molecule has 0 bridgehead atoms. The highest BCUT2D eigenvalue weighted by molar-refractivity contribution is 7.92. The number of methoxy groups -OCH3 is 1. The lowest BCUT2D eigenvalue weighted by molar-refractivity contribution is -0.139. The van der Waals surface area contributed by atoms with Crippen LogP contribution in [0.1, 0.15) is 26.3 Å². The number of anilines is 1. The van der Waals surface area contributed by atoms with Crippen LogP contribution in [0.5, 0.6) is 5.75 Å². The standard InChI is InChI=1S/C28H32FN3O5S/c1-20(2)30-28(34)21(3)31(18-22-10-8-9-13-26(22)29)27(33)19-32(23-11-6-5-7-12-23)38(35,36)25-16-14-24(37-4)15-17-25/h5-17,20-21H,18-19H2,1-4H3,(H,30,34). The number of carbonyl (C=O) groups is 2. The van der Waals surface area contributed by atoms with Crippen molar-refractivity contribution >= 4 is 27.5 Å². The van der Waals surface area contributed by atoms with Crippen LogP contribution < -0.4 is 14.4 Å². The zero-order valence-electron chi connectivity index (χ0n) is 21.8. The third-order valence-corrected chi connectivity index (χ3v) is 7.66. The number of hydrogen-bond donors (Lipinski definition) is 1. The van der Waals surface area contributed by atoms with Gasteiger partial charge in [0.25, 0.3) is 10.0 Å². The van der Waals surface area contributed by atoms with E-state index in [0.717, 1.165) is 4.31 Å². The number of benzene rings is 3. The first-order chi connectivity index (χ1) is 18.0. The molecule has 0 aliphatic heterocycles. The molecule has 1 N–H and O–H groups in total. The summed E-state index contributed by atoms with van der Waals surface area (Å²) in [4.78, 5) is 27.8. The molecule has 0 aromatic heterocycles. The minimum Gasteiger partial charge on any atom is -0.497 e. The van der Waals surface area contributed by atoms with Crippen molar-refractivity contribution in [2.75, 3.05) is 18.0 Å². The molecule has 0 saturated carbocycles. The third kappa shape index (κ3) is 6.89. The first-order valence-corrected chi connectivity index (χ1v) is 13.5. The summed E-state index contributed by atoms with van der Waals surface area (Å²) in [6.45, 7) is 4.27. The summed E-state index contributed by atoms with van der Waals surface area (Å²) >= 11 is 0. The van der Waals surface area contributed by atoms with Crippen LogP contribution in [0.3, 0.4) is 0 Å². The summed E-state index contributed by atoms with van der Waals surface area (Å²) < 4.78 is 48.1. The Labute approximate surface area is 223 Å². The van der Waals surface area contributed by atoms with E-state index in [4.69, 9.17) is 4.74 Å². The number of ether oxygens (including phenoxy) is 1. The van der Waals surface area contributed by atoms with Gasteiger partial charge >= 0.3 is 0 Å². The van der Waals surface area contributed by atoms with Gasteiger partial charge in [0.1, 0.15) is 24.2 Å². The minimum atomic E-state index is -4.20. The average molecular weight is 542 g/mol. The van der Waals surface area contributed by atoms with E-state index in [1.165, 1.54) is 61.4 Å². The molecule has 0 spiro atoms. The predicted molar refractivity (Wildman–Crippen MR) is 144 cm³/mol. The number of nitrogens with zero attached hydrogens (tertiary/aromatic N) is 2. The molecule has 0 aliphatic carbocycles. The van der Waals surface area contributed by atoms with Crippen molar-refractivity contribution in [2.24, 2.45) is 0 Å². The lowest BCUT2D eigenvalue weighted by atomic mass is 10.1. The molecule has 202 valence electrons. The molecule has 3 rings (SSSR count). The molecule has 2 amide bonds. The van der Waals surface area contributed by atoms with Crippen molar-refractivity contribution in [2.45, 2.75) is 44.3 Å². The van der Waals surface area contributed by atoms with Crippen molar-refractivity contribution in [3.63, 3.8) is 0 Å². The molecule has 0 aliphatic rings. The van der Waals surface area contributed by atoms with E-state index < -0.39 is 40.2 Å². The van der Waals surface area contributed by atoms with E-state index in [1.807, 2.05) is 0 Å². The largest absolute Gasteiger partial charge is 0.497 e. The zero-order chi connectivity index (χ0) is 27.9. The van der Waals surface area contributed by atoms with Gasteiger partial charge in [0.05, 0.1) is 17.7 Å². The van der Waals surface area contributed by atoms with Crippen LogP contribution in [0.15, 0.2) is 83.8 Å². The maximum Gasteiger partial charge on any atom is 0.264 e. The number of para-hydroxylation sites is 1. The molecule has 1 unspecified atom stereocenters. The Morgan fingerprint density at radius 2 is 1.53 bits per heavy atom. The molecule has 0 radical (unpaired) electrons. The van der Waals surface area contributed by atoms with Gasteiger partial charge in [-0.1, -0.05) is 36.4 Å². The maximum atomic E-state index is 14.5. The van der Waals surface area contributed by atoms with Crippen LogP contribution in [-0.2, 0) is 26.2 Å². The normalized spacial score (nSPS) is 12.1. The Balaban J connectivity index is 2.01. The number of sulfonamides is 1. The minimum absolute atomic E-state index is 0.0405. The Hall–Kier alpha value is -3.92. The van der Waals surface area contributed by atoms with Crippen LogP contribution in [0.4, 0.5) is 10.1 Å². The number of nitrogens with one attached hydrogen (secondary N) is 1. The Kier molecular flexibility index (Phi) is 9.46. The van der Waals surface area contributed by atoms with Crippen LogP contribution in [0, 0.1) is 5.82 Å². The summed E-state index contributed by atoms with van der Waals surface area (Å²) in [5, 5.41) is 2.76. The van der Waals surface area contributed by atoms with Gasteiger partial charge in [0.2, 0.25) is 11.8 Å². The topological polar surface area (TPSA) is 96.0 Å². The maximum absolute atomic E-state index is 14.5. The van der Waals surface area contributed by atoms with Crippen molar-refractivity contribution in [3.05, 3.63) is 90.2 Å². The summed E-state index contributed by atoms with van der Waals surface area (Å²) in [5.41, 5.74) is 0.469. The molecule has 0 fully saturated rings. The summed E-state index contributed by atoms with van der Waals surface area (Å²) in [7, 11) is -2.73. The predicted octanol–water partition coefficient (Wildman–Crippen LogP) is 3.97. The highest BCUT2D eigenvalue weighted by atomic mass is 32.2. The second kappa shape index (κ2) is 12.6. The second-order valence-electron chi connectivity index (χ2n) is 8.98. The smallest absolute Gasteiger partial charge is 0.264 e. The molecule has 10 heteroatoms. The molecule has 3 aromatic rings. The fourth-order valence-corrected chi connectivity index (χ4v) is 5.21. The molecule has 0 heterocycles. The number of rotatable bonds is 11. The second-order valence-corrected chi connectivity index (χ2v) is 10.8. The van der Waals surface area contributed by atoms with Crippen LogP contribution >= 0.6 is 0 Å². The van der Waals surface area contributed by atoms with Crippen molar-refractivity contribution < 1.29 is 27.1 Å². The van der Waals surface area contributed by atoms with E-state index in [9.17, 15) is 22.4 Å². The van der Waals surface area contributed by atoms with Crippen LogP contribution in [0.25, 0.3) is 0 Å². The van der Waals surface area contributed by atoms with E-state index in [1.54, 1.807) is 50.2 Å². The number of halogens is 1. The first-order valence-electron chi connectivity index (χ1n) is 12.1.